The molecule has 2 aliphatic rings. The number of likely N-dealkylation sites (tertiary alicyclic amines) is 2. The minimum Gasteiger partial charge on any atom is -0.342 e. The summed E-state index contributed by atoms with van der Waals surface area (Å²) in [7, 11) is 0. The van der Waals surface area contributed by atoms with Gasteiger partial charge in [-0.1, -0.05) is 12.1 Å². The van der Waals surface area contributed by atoms with Crippen molar-refractivity contribution >= 4 is 28.3 Å². The fourth-order valence-electron chi connectivity index (χ4n) is 4.87. The third kappa shape index (κ3) is 4.14. The lowest BCUT2D eigenvalue weighted by atomic mass is 9.92. The monoisotopic (exact) mass is 423 g/mol. The van der Waals surface area contributed by atoms with Gasteiger partial charge in [-0.2, -0.15) is 0 Å². The second-order valence-corrected chi connectivity index (χ2v) is 9.73. The number of aromatic nitrogens is 3. The van der Waals surface area contributed by atoms with Crippen LogP contribution < -0.4 is 0 Å². The maximum Gasteiger partial charge on any atom is 0.225 e. The highest BCUT2D eigenvalue weighted by molar-refractivity contribution is 7.09. The Hall–Kier alpha value is -2.25. The number of fused-ring (bicyclic) bond motifs is 1. The Morgan fingerprint density at radius 1 is 1.17 bits per heavy atom. The number of imidazole rings is 1. The number of carbonyl (C=O) groups excluding carboxylic acids is 1. The molecule has 1 N–H and O–H groups in total. The van der Waals surface area contributed by atoms with Crippen LogP contribution >= 0.6 is 11.3 Å². The van der Waals surface area contributed by atoms with E-state index in [-0.39, 0.29) is 5.92 Å². The van der Waals surface area contributed by atoms with Gasteiger partial charge in [0.15, 0.2) is 0 Å². The third-order valence-corrected chi connectivity index (χ3v) is 7.34. The molecule has 0 radical (unpaired) electrons. The summed E-state index contributed by atoms with van der Waals surface area (Å²) in [5.74, 6) is 1.85. The van der Waals surface area contributed by atoms with Crippen molar-refractivity contribution in [1.29, 1.82) is 0 Å². The van der Waals surface area contributed by atoms with Gasteiger partial charge in [0.1, 0.15) is 5.82 Å². The van der Waals surface area contributed by atoms with Gasteiger partial charge in [0, 0.05) is 36.9 Å². The number of benzene rings is 1. The van der Waals surface area contributed by atoms with Crippen molar-refractivity contribution in [2.75, 3.05) is 26.2 Å². The van der Waals surface area contributed by atoms with Gasteiger partial charge in [-0.25, -0.2) is 9.97 Å². The van der Waals surface area contributed by atoms with Crippen molar-refractivity contribution in [3.8, 4) is 0 Å². The first kappa shape index (κ1) is 19.7. The fraction of sp³-hybridized carbons (Fsp3) is 0.522. The first-order valence-electron chi connectivity index (χ1n) is 11.0. The van der Waals surface area contributed by atoms with E-state index >= 15 is 0 Å². The van der Waals surface area contributed by atoms with Gasteiger partial charge < -0.3 is 9.88 Å². The first-order valence-corrected chi connectivity index (χ1v) is 11.9. The SMILES string of the molecule is Cc1nc(CN2CCC(C(=O)N3CCCC(c4nc5ccccc5[nH]4)C3)CC2)cs1. The summed E-state index contributed by atoms with van der Waals surface area (Å²) >= 11 is 1.71. The molecule has 2 aromatic heterocycles. The molecule has 2 saturated heterocycles. The molecule has 5 rings (SSSR count). The van der Waals surface area contributed by atoms with Crippen LogP contribution in [0.5, 0.6) is 0 Å². The molecule has 0 spiro atoms. The smallest absolute Gasteiger partial charge is 0.225 e. The van der Waals surface area contributed by atoms with E-state index in [2.05, 4.69) is 38.1 Å². The van der Waals surface area contributed by atoms with Gasteiger partial charge in [0.2, 0.25) is 5.91 Å². The predicted octanol–water partition coefficient (Wildman–Crippen LogP) is 3.95. The number of nitrogens with one attached hydrogen (secondary N) is 1. The Morgan fingerprint density at radius 3 is 2.77 bits per heavy atom. The van der Waals surface area contributed by atoms with Crippen molar-refractivity contribution in [2.24, 2.45) is 5.92 Å². The number of piperidine rings is 2. The third-order valence-electron chi connectivity index (χ3n) is 6.52. The summed E-state index contributed by atoms with van der Waals surface area (Å²) in [5.41, 5.74) is 3.25. The molecule has 0 aliphatic carbocycles. The highest BCUT2D eigenvalue weighted by Crippen LogP contribution is 2.29. The molecule has 158 valence electrons. The molecule has 1 atom stereocenters. The number of thiazole rings is 1. The van der Waals surface area contributed by atoms with Crippen molar-refractivity contribution in [3.63, 3.8) is 0 Å². The summed E-state index contributed by atoms with van der Waals surface area (Å²) in [5, 5.41) is 3.28. The number of hydrogen-bond acceptors (Lipinski definition) is 5. The van der Waals surface area contributed by atoms with Gasteiger partial charge in [-0.05, 0) is 57.8 Å². The Kier molecular flexibility index (Phi) is 5.56. The molecule has 4 heterocycles. The van der Waals surface area contributed by atoms with Crippen LogP contribution in [0.4, 0.5) is 0 Å². The van der Waals surface area contributed by atoms with Crippen LogP contribution in [0, 0.1) is 12.8 Å². The lowest BCUT2D eigenvalue weighted by Gasteiger charge is -2.37. The van der Waals surface area contributed by atoms with Crippen LogP contribution in [0.15, 0.2) is 29.6 Å². The average molecular weight is 424 g/mol. The first-order chi connectivity index (χ1) is 14.7. The van der Waals surface area contributed by atoms with Crippen LogP contribution in [0.2, 0.25) is 0 Å². The molecule has 0 bridgehead atoms. The summed E-state index contributed by atoms with van der Waals surface area (Å²) in [6, 6.07) is 8.16. The highest BCUT2D eigenvalue weighted by atomic mass is 32.1. The maximum atomic E-state index is 13.2. The predicted molar refractivity (Wildman–Crippen MR) is 120 cm³/mol. The lowest BCUT2D eigenvalue weighted by molar-refractivity contribution is -0.138. The molecule has 7 heteroatoms. The maximum absolute atomic E-state index is 13.2. The minimum atomic E-state index is 0.160. The summed E-state index contributed by atoms with van der Waals surface area (Å²) in [6.45, 7) is 6.59. The van der Waals surface area contributed by atoms with E-state index in [4.69, 9.17) is 4.98 Å². The van der Waals surface area contributed by atoms with Gasteiger partial charge >= 0.3 is 0 Å². The molecule has 0 saturated carbocycles. The van der Waals surface area contributed by atoms with E-state index in [1.165, 1.54) is 0 Å². The zero-order valence-electron chi connectivity index (χ0n) is 17.5. The summed E-state index contributed by atoms with van der Waals surface area (Å²) in [6.07, 6.45) is 4.05. The van der Waals surface area contributed by atoms with Crippen molar-refractivity contribution in [3.05, 3.63) is 46.2 Å². The lowest BCUT2D eigenvalue weighted by Crippen LogP contribution is -2.45. The number of aromatic amines is 1. The van der Waals surface area contributed by atoms with Crippen LogP contribution in [0.1, 0.15) is 48.1 Å². The number of H-pyrrole nitrogens is 1. The Balaban J connectivity index is 1.18. The number of carbonyl (C=O) groups is 1. The van der Waals surface area contributed by atoms with E-state index in [0.29, 0.717) is 11.8 Å². The molecule has 1 amide bonds. The standard InChI is InChI=1S/C23H29N5OS/c1-16-24-19(15-30-16)14-27-11-8-17(9-12-27)23(29)28-10-4-5-18(13-28)22-25-20-6-2-3-7-21(20)26-22/h2-3,6-7,15,17-18H,4-5,8-14H2,1H3,(H,25,26). The molecule has 1 aromatic carbocycles. The van der Waals surface area contributed by atoms with Crippen molar-refractivity contribution in [1.82, 2.24) is 24.8 Å². The second-order valence-electron chi connectivity index (χ2n) is 8.67. The number of hydrogen-bond donors (Lipinski definition) is 1. The average Bonchev–Trinajstić information content (AvgIpc) is 3.40. The van der Waals surface area contributed by atoms with E-state index in [9.17, 15) is 4.79 Å². The van der Waals surface area contributed by atoms with E-state index in [0.717, 1.165) is 86.0 Å². The molecule has 6 nitrogen and oxygen atoms in total. The Labute approximate surface area is 181 Å². The van der Waals surface area contributed by atoms with Gasteiger partial charge in [-0.15, -0.1) is 11.3 Å². The fourth-order valence-corrected chi connectivity index (χ4v) is 5.48. The van der Waals surface area contributed by atoms with E-state index in [1.807, 2.05) is 18.2 Å². The summed E-state index contributed by atoms with van der Waals surface area (Å²) < 4.78 is 0. The van der Waals surface area contributed by atoms with Gasteiger partial charge in [0.05, 0.1) is 21.7 Å². The minimum absolute atomic E-state index is 0.160. The number of nitrogens with zero attached hydrogens (tertiary/aromatic N) is 4. The molecule has 1 unspecified atom stereocenters. The normalized spacial score (nSPS) is 21.4. The highest BCUT2D eigenvalue weighted by Gasteiger charge is 2.32. The van der Waals surface area contributed by atoms with Gasteiger partial charge in [0.25, 0.3) is 0 Å². The molecule has 2 aliphatic heterocycles. The largest absolute Gasteiger partial charge is 0.342 e. The van der Waals surface area contributed by atoms with Crippen LogP contribution in [0.25, 0.3) is 11.0 Å². The van der Waals surface area contributed by atoms with Crippen LogP contribution in [0.3, 0.4) is 0 Å². The zero-order chi connectivity index (χ0) is 20.5. The van der Waals surface area contributed by atoms with E-state index < -0.39 is 0 Å². The molecular weight excluding hydrogens is 394 g/mol. The zero-order valence-corrected chi connectivity index (χ0v) is 18.3. The second kappa shape index (κ2) is 8.47. The molecule has 2 fully saturated rings. The quantitative estimate of drug-likeness (QED) is 0.690. The Bertz CT molecular complexity index is 986. The van der Waals surface area contributed by atoms with Gasteiger partial charge in [-0.3, -0.25) is 9.69 Å². The van der Waals surface area contributed by atoms with Crippen LogP contribution in [-0.4, -0.2) is 56.8 Å². The van der Waals surface area contributed by atoms with Crippen molar-refractivity contribution in [2.45, 2.75) is 45.1 Å². The number of amides is 1. The topological polar surface area (TPSA) is 65.1 Å². The van der Waals surface area contributed by atoms with Crippen LogP contribution in [-0.2, 0) is 11.3 Å². The number of rotatable bonds is 4. The molecular formula is C23H29N5OS. The molecule has 3 aromatic rings. The number of aryl methyl sites for hydroxylation is 1. The Morgan fingerprint density at radius 2 is 2.00 bits per heavy atom. The molecule has 30 heavy (non-hydrogen) atoms. The van der Waals surface area contributed by atoms with Crippen molar-refractivity contribution < 1.29 is 4.79 Å². The number of para-hydroxylation sites is 2. The summed E-state index contributed by atoms with van der Waals surface area (Å²) in [4.78, 5) is 30.6. The van der Waals surface area contributed by atoms with E-state index in [1.54, 1.807) is 11.3 Å².